The number of hydrogen-bond acceptors (Lipinski definition) is 4. The van der Waals surface area contributed by atoms with Crippen LogP contribution in [0.2, 0.25) is 0 Å². The molecule has 0 bridgehead atoms. The van der Waals surface area contributed by atoms with Gasteiger partial charge in [-0.15, -0.1) is 0 Å². The fourth-order valence-corrected chi connectivity index (χ4v) is 4.77. The molecule has 2 heterocycles. The standard InChI is InChI=1S/C17H24N4O4S/c1-19-11-12-20(17(19)23)13-16(22)18-14-7-9-21(10-8-14)26(24,25)15-5-3-2-4-6-15/h2-6,14H,7-13H2,1H3,(H,18,22). The number of nitrogens with zero attached hydrogens (tertiary/aromatic N) is 3. The Morgan fingerprint density at radius 2 is 1.77 bits per heavy atom. The van der Waals surface area contributed by atoms with Crippen LogP contribution in [-0.4, -0.2) is 80.3 Å². The molecule has 1 aromatic rings. The summed E-state index contributed by atoms with van der Waals surface area (Å²) >= 11 is 0. The van der Waals surface area contributed by atoms with Crippen molar-refractivity contribution < 1.29 is 18.0 Å². The SMILES string of the molecule is CN1CCN(CC(=O)NC2CCN(S(=O)(=O)c3ccccc3)CC2)C1=O. The molecule has 26 heavy (non-hydrogen) atoms. The van der Waals surface area contributed by atoms with Crippen molar-refractivity contribution >= 4 is 22.0 Å². The first kappa shape index (κ1) is 18.7. The molecule has 0 radical (unpaired) electrons. The predicted octanol–water partition coefficient (Wildman–Crippen LogP) is 0.323. The third-order valence-corrected chi connectivity index (χ3v) is 6.75. The van der Waals surface area contributed by atoms with Crippen LogP contribution in [0.4, 0.5) is 4.79 Å². The summed E-state index contributed by atoms with van der Waals surface area (Å²) in [6.45, 7) is 1.96. The number of hydrogen-bond donors (Lipinski definition) is 1. The predicted molar refractivity (Wildman–Crippen MR) is 96.0 cm³/mol. The van der Waals surface area contributed by atoms with Crippen LogP contribution in [0.3, 0.4) is 0 Å². The second-order valence-corrected chi connectivity index (χ2v) is 8.62. The lowest BCUT2D eigenvalue weighted by atomic mass is 10.1. The first-order valence-corrected chi connectivity index (χ1v) is 10.2. The molecule has 1 aromatic carbocycles. The monoisotopic (exact) mass is 380 g/mol. The number of likely N-dealkylation sites (N-methyl/N-ethyl adjacent to an activating group) is 1. The molecule has 0 unspecified atom stereocenters. The van der Waals surface area contributed by atoms with Crippen LogP contribution in [0.5, 0.6) is 0 Å². The fraction of sp³-hybridized carbons (Fsp3) is 0.529. The van der Waals surface area contributed by atoms with Crippen molar-refractivity contribution in [1.29, 1.82) is 0 Å². The second kappa shape index (κ2) is 7.63. The molecule has 0 atom stereocenters. The summed E-state index contributed by atoms with van der Waals surface area (Å²) in [6.07, 6.45) is 1.12. The van der Waals surface area contributed by atoms with Gasteiger partial charge in [0, 0.05) is 39.3 Å². The van der Waals surface area contributed by atoms with Crippen LogP contribution in [0.15, 0.2) is 35.2 Å². The largest absolute Gasteiger partial charge is 0.352 e. The molecule has 1 N–H and O–H groups in total. The molecule has 2 saturated heterocycles. The van der Waals surface area contributed by atoms with E-state index in [1.807, 2.05) is 0 Å². The summed E-state index contributed by atoms with van der Waals surface area (Å²) < 4.78 is 26.7. The van der Waals surface area contributed by atoms with Crippen LogP contribution >= 0.6 is 0 Å². The molecular formula is C17H24N4O4S. The highest BCUT2D eigenvalue weighted by molar-refractivity contribution is 7.89. The van der Waals surface area contributed by atoms with Crippen molar-refractivity contribution in [1.82, 2.24) is 19.4 Å². The fourth-order valence-electron chi connectivity index (χ4n) is 3.28. The van der Waals surface area contributed by atoms with Gasteiger partial charge in [0.05, 0.1) is 4.90 Å². The minimum Gasteiger partial charge on any atom is -0.352 e. The number of sulfonamides is 1. The van der Waals surface area contributed by atoms with Crippen molar-refractivity contribution in [2.45, 2.75) is 23.8 Å². The number of piperidine rings is 1. The van der Waals surface area contributed by atoms with Crippen molar-refractivity contribution in [3.63, 3.8) is 0 Å². The van der Waals surface area contributed by atoms with Gasteiger partial charge in [0.2, 0.25) is 15.9 Å². The minimum atomic E-state index is -3.48. The first-order valence-electron chi connectivity index (χ1n) is 8.72. The molecule has 142 valence electrons. The molecule has 0 saturated carbocycles. The van der Waals surface area contributed by atoms with Gasteiger partial charge in [-0.1, -0.05) is 18.2 Å². The first-order chi connectivity index (χ1) is 12.4. The molecule has 3 amide bonds. The molecule has 3 rings (SSSR count). The van der Waals surface area contributed by atoms with E-state index in [1.54, 1.807) is 42.3 Å². The van der Waals surface area contributed by atoms with Gasteiger partial charge in [0.15, 0.2) is 0 Å². The van der Waals surface area contributed by atoms with Crippen molar-refractivity contribution in [2.24, 2.45) is 0 Å². The Hall–Kier alpha value is -2.13. The van der Waals surface area contributed by atoms with E-state index in [0.29, 0.717) is 43.9 Å². The van der Waals surface area contributed by atoms with Gasteiger partial charge in [0.25, 0.3) is 0 Å². The Kier molecular flexibility index (Phi) is 5.47. The number of carbonyl (C=O) groups is 2. The van der Waals surface area contributed by atoms with Crippen LogP contribution in [0, 0.1) is 0 Å². The zero-order valence-corrected chi connectivity index (χ0v) is 15.6. The lowest BCUT2D eigenvalue weighted by Crippen LogP contribution is -2.49. The van der Waals surface area contributed by atoms with Crippen molar-refractivity contribution in [3.05, 3.63) is 30.3 Å². The molecule has 0 spiro atoms. The van der Waals surface area contributed by atoms with E-state index in [1.165, 1.54) is 9.21 Å². The molecule has 2 aliphatic heterocycles. The summed E-state index contributed by atoms with van der Waals surface area (Å²) in [5, 5.41) is 2.92. The van der Waals surface area contributed by atoms with Gasteiger partial charge in [-0.3, -0.25) is 4.79 Å². The summed E-state index contributed by atoms with van der Waals surface area (Å²) in [5.41, 5.74) is 0. The highest BCUT2D eigenvalue weighted by Crippen LogP contribution is 2.20. The zero-order valence-electron chi connectivity index (χ0n) is 14.8. The third kappa shape index (κ3) is 3.99. The van der Waals surface area contributed by atoms with Crippen LogP contribution in [0.1, 0.15) is 12.8 Å². The van der Waals surface area contributed by atoms with Gasteiger partial charge >= 0.3 is 6.03 Å². The lowest BCUT2D eigenvalue weighted by molar-refractivity contribution is -0.122. The van der Waals surface area contributed by atoms with Crippen molar-refractivity contribution in [2.75, 3.05) is 39.8 Å². The Labute approximate surface area is 153 Å². The number of benzene rings is 1. The topological polar surface area (TPSA) is 90.0 Å². The number of carbonyl (C=O) groups excluding carboxylic acids is 2. The Balaban J connectivity index is 1.49. The Bertz CT molecular complexity index is 760. The van der Waals surface area contributed by atoms with Gasteiger partial charge < -0.3 is 15.1 Å². The van der Waals surface area contributed by atoms with Crippen molar-refractivity contribution in [3.8, 4) is 0 Å². The average molecular weight is 380 g/mol. The van der Waals surface area contributed by atoms with E-state index in [-0.39, 0.29) is 24.5 Å². The summed E-state index contributed by atoms with van der Waals surface area (Å²) in [6, 6.07) is 8.17. The zero-order chi connectivity index (χ0) is 18.7. The highest BCUT2D eigenvalue weighted by atomic mass is 32.2. The molecular weight excluding hydrogens is 356 g/mol. The van der Waals surface area contributed by atoms with Crippen LogP contribution < -0.4 is 5.32 Å². The van der Waals surface area contributed by atoms with E-state index in [4.69, 9.17) is 0 Å². The summed E-state index contributed by atoms with van der Waals surface area (Å²) in [4.78, 5) is 27.4. The lowest BCUT2D eigenvalue weighted by Gasteiger charge is -2.32. The summed E-state index contributed by atoms with van der Waals surface area (Å²) in [5.74, 6) is -0.196. The molecule has 8 nitrogen and oxygen atoms in total. The maximum absolute atomic E-state index is 12.6. The van der Waals surface area contributed by atoms with Crippen LogP contribution in [-0.2, 0) is 14.8 Å². The number of urea groups is 1. The Morgan fingerprint density at radius 3 is 2.35 bits per heavy atom. The molecule has 0 aromatic heterocycles. The van der Waals surface area contributed by atoms with E-state index in [9.17, 15) is 18.0 Å². The van der Waals surface area contributed by atoms with E-state index in [0.717, 1.165) is 0 Å². The Morgan fingerprint density at radius 1 is 1.12 bits per heavy atom. The normalized spacial score (nSPS) is 19.8. The number of nitrogens with one attached hydrogen (secondary N) is 1. The van der Waals surface area contributed by atoms with Gasteiger partial charge in [-0.25, -0.2) is 13.2 Å². The highest BCUT2D eigenvalue weighted by Gasteiger charge is 2.31. The van der Waals surface area contributed by atoms with E-state index < -0.39 is 10.0 Å². The van der Waals surface area contributed by atoms with E-state index in [2.05, 4.69) is 5.32 Å². The second-order valence-electron chi connectivity index (χ2n) is 6.68. The number of amides is 3. The van der Waals surface area contributed by atoms with Gasteiger partial charge in [-0.2, -0.15) is 4.31 Å². The summed E-state index contributed by atoms with van der Waals surface area (Å²) in [7, 11) is -1.77. The maximum Gasteiger partial charge on any atom is 0.320 e. The van der Waals surface area contributed by atoms with Gasteiger partial charge in [-0.05, 0) is 25.0 Å². The maximum atomic E-state index is 12.6. The molecule has 9 heteroatoms. The quantitative estimate of drug-likeness (QED) is 0.797. The number of rotatable bonds is 5. The van der Waals surface area contributed by atoms with E-state index >= 15 is 0 Å². The smallest absolute Gasteiger partial charge is 0.320 e. The molecule has 2 aliphatic rings. The molecule has 2 fully saturated rings. The van der Waals surface area contributed by atoms with Crippen LogP contribution in [0.25, 0.3) is 0 Å². The average Bonchev–Trinajstić information content (AvgIpc) is 2.95. The molecule has 0 aliphatic carbocycles. The third-order valence-electron chi connectivity index (χ3n) is 4.84. The van der Waals surface area contributed by atoms with Gasteiger partial charge in [0.1, 0.15) is 6.54 Å². The minimum absolute atomic E-state index is 0.0473.